The van der Waals surface area contributed by atoms with E-state index in [0.717, 1.165) is 28.7 Å². The molecule has 0 radical (unpaired) electrons. The Hall–Kier alpha value is -2.76. The summed E-state index contributed by atoms with van der Waals surface area (Å²) in [5.41, 5.74) is 3.38. The molecule has 2 aromatic rings. The van der Waals surface area contributed by atoms with Crippen LogP contribution in [0.15, 0.2) is 47.2 Å². The summed E-state index contributed by atoms with van der Waals surface area (Å²) in [6.45, 7) is 3.04. The van der Waals surface area contributed by atoms with Crippen LogP contribution in [0.25, 0.3) is 11.0 Å². The van der Waals surface area contributed by atoms with Gasteiger partial charge in [-0.15, -0.1) is 0 Å². The molecule has 0 spiro atoms. The molecule has 1 aliphatic heterocycles. The van der Waals surface area contributed by atoms with Gasteiger partial charge in [0.2, 0.25) is 0 Å². The van der Waals surface area contributed by atoms with E-state index < -0.39 is 5.97 Å². The number of carboxylic acids is 1. The minimum atomic E-state index is -0.975. The van der Waals surface area contributed by atoms with Crippen LogP contribution >= 0.6 is 0 Å². The minimum absolute atomic E-state index is 0.155. The first kappa shape index (κ1) is 15.1. The zero-order chi connectivity index (χ0) is 16.2. The number of benzene rings is 1. The summed E-state index contributed by atoms with van der Waals surface area (Å²) in [5, 5.41) is 12.6. The van der Waals surface area contributed by atoms with Gasteiger partial charge in [-0.1, -0.05) is 13.0 Å². The lowest BCUT2D eigenvalue weighted by Gasteiger charge is -2.11. The van der Waals surface area contributed by atoms with Gasteiger partial charge in [-0.05, 0) is 30.5 Å². The summed E-state index contributed by atoms with van der Waals surface area (Å²) >= 11 is 0. The van der Waals surface area contributed by atoms with E-state index in [9.17, 15) is 9.90 Å². The Morgan fingerprint density at radius 1 is 1.30 bits per heavy atom. The Balaban J connectivity index is 1.80. The lowest BCUT2D eigenvalue weighted by atomic mass is 10.0. The Morgan fingerprint density at radius 2 is 2.09 bits per heavy atom. The number of nitrogens with one attached hydrogen (secondary N) is 1. The minimum Gasteiger partial charge on any atom is -0.477 e. The fraction of sp³-hybridized carbons (Fsp3) is 0.294. The molecule has 23 heavy (non-hydrogen) atoms. The van der Waals surface area contributed by atoms with E-state index >= 15 is 0 Å². The van der Waals surface area contributed by atoms with Crippen molar-refractivity contribution in [3.05, 3.63) is 42.2 Å². The first-order valence-electron chi connectivity index (χ1n) is 7.57. The predicted molar refractivity (Wildman–Crippen MR) is 89.8 cm³/mol. The molecule has 2 heterocycles. The van der Waals surface area contributed by atoms with Crippen LogP contribution in [0, 0.1) is 5.92 Å². The summed E-state index contributed by atoms with van der Waals surface area (Å²) < 4.78 is 0. The third-order valence-electron chi connectivity index (χ3n) is 3.80. The maximum Gasteiger partial charge on any atom is 0.354 e. The summed E-state index contributed by atoms with van der Waals surface area (Å²) in [7, 11) is 0. The van der Waals surface area contributed by atoms with Crippen molar-refractivity contribution in [3.8, 4) is 0 Å². The molecule has 1 atom stereocenters. The third kappa shape index (κ3) is 3.53. The highest BCUT2D eigenvalue weighted by Gasteiger charge is 2.18. The van der Waals surface area contributed by atoms with Gasteiger partial charge in [-0.25, -0.2) is 4.79 Å². The van der Waals surface area contributed by atoms with Crippen LogP contribution < -0.4 is 5.32 Å². The van der Waals surface area contributed by atoms with Crippen LogP contribution in [0.4, 0.5) is 5.69 Å². The van der Waals surface area contributed by atoms with E-state index in [2.05, 4.69) is 27.2 Å². The fourth-order valence-electron chi connectivity index (χ4n) is 2.61. The van der Waals surface area contributed by atoms with Crippen molar-refractivity contribution in [2.45, 2.75) is 13.3 Å². The van der Waals surface area contributed by atoms with Crippen LogP contribution in [0.5, 0.6) is 0 Å². The summed E-state index contributed by atoms with van der Waals surface area (Å²) in [5.74, 6) is -0.661. The lowest BCUT2D eigenvalue weighted by Crippen LogP contribution is -2.21. The zero-order valence-corrected chi connectivity index (χ0v) is 12.9. The van der Waals surface area contributed by atoms with E-state index in [1.165, 1.54) is 0 Å². The van der Waals surface area contributed by atoms with Crippen LogP contribution in [0.3, 0.4) is 0 Å². The molecule has 0 amide bonds. The molecule has 3 rings (SSSR count). The molecule has 6 nitrogen and oxygen atoms in total. The van der Waals surface area contributed by atoms with Crippen molar-refractivity contribution in [1.29, 1.82) is 0 Å². The van der Waals surface area contributed by atoms with Gasteiger partial charge >= 0.3 is 5.97 Å². The van der Waals surface area contributed by atoms with Crippen LogP contribution in [0.1, 0.15) is 13.3 Å². The normalized spacial score (nSPS) is 18.0. The van der Waals surface area contributed by atoms with Crippen LogP contribution in [-0.4, -0.2) is 39.8 Å². The number of rotatable bonds is 4. The average molecular weight is 310 g/mol. The van der Waals surface area contributed by atoms with Gasteiger partial charge < -0.3 is 10.4 Å². The number of fused-ring (bicyclic) bond motifs is 1. The molecule has 1 aromatic carbocycles. The van der Waals surface area contributed by atoms with E-state index in [-0.39, 0.29) is 5.71 Å². The van der Waals surface area contributed by atoms with Crippen molar-refractivity contribution in [1.82, 2.24) is 9.97 Å². The first-order valence-corrected chi connectivity index (χ1v) is 7.57. The van der Waals surface area contributed by atoms with Gasteiger partial charge in [0.05, 0.1) is 11.0 Å². The van der Waals surface area contributed by atoms with Gasteiger partial charge in [0.1, 0.15) is 5.71 Å². The highest BCUT2D eigenvalue weighted by atomic mass is 16.4. The smallest absolute Gasteiger partial charge is 0.354 e. The van der Waals surface area contributed by atoms with Gasteiger partial charge in [0.15, 0.2) is 0 Å². The van der Waals surface area contributed by atoms with Crippen LogP contribution in [-0.2, 0) is 4.79 Å². The Labute approximate surface area is 134 Å². The van der Waals surface area contributed by atoms with Crippen molar-refractivity contribution >= 4 is 28.4 Å². The quantitative estimate of drug-likeness (QED) is 0.906. The van der Waals surface area contributed by atoms with Gasteiger partial charge in [-0.2, -0.15) is 0 Å². The molecule has 0 saturated heterocycles. The molecule has 0 aliphatic carbocycles. The molecule has 0 bridgehead atoms. The Bertz CT molecular complexity index is 798. The maximum absolute atomic E-state index is 11.4. The lowest BCUT2D eigenvalue weighted by molar-refractivity contribution is -0.129. The van der Waals surface area contributed by atoms with Gasteiger partial charge in [0.25, 0.3) is 0 Å². The molecule has 118 valence electrons. The number of aliphatic imine (C=N–C) groups is 1. The molecule has 6 heteroatoms. The van der Waals surface area contributed by atoms with Gasteiger partial charge in [-0.3, -0.25) is 15.0 Å². The Morgan fingerprint density at radius 3 is 2.87 bits per heavy atom. The van der Waals surface area contributed by atoms with E-state index in [1.807, 2.05) is 24.3 Å². The third-order valence-corrected chi connectivity index (χ3v) is 3.80. The molecular formula is C17H18N4O2. The van der Waals surface area contributed by atoms with Crippen molar-refractivity contribution in [2.24, 2.45) is 10.9 Å². The molecule has 1 unspecified atom stereocenters. The molecular weight excluding hydrogens is 292 g/mol. The number of hydrogen-bond donors (Lipinski definition) is 2. The number of aliphatic carboxylic acids is 1. The predicted octanol–water partition coefficient (Wildman–Crippen LogP) is 2.53. The summed E-state index contributed by atoms with van der Waals surface area (Å²) in [6, 6.07) is 5.71. The van der Waals surface area contributed by atoms with Crippen molar-refractivity contribution in [2.75, 3.05) is 18.4 Å². The van der Waals surface area contributed by atoms with Gasteiger partial charge in [0, 0.05) is 36.7 Å². The van der Waals surface area contributed by atoms with Crippen molar-refractivity contribution < 1.29 is 9.90 Å². The highest BCUT2D eigenvalue weighted by Crippen LogP contribution is 2.18. The number of nitrogens with zero attached hydrogens (tertiary/aromatic N) is 3. The fourth-order valence-corrected chi connectivity index (χ4v) is 2.61. The molecule has 1 aromatic heterocycles. The SMILES string of the molecule is CC1C=C(CNc2ccc3nccnc3c2)C(C(=O)O)=NCC1. The number of carbonyl (C=O) groups is 1. The second kappa shape index (κ2) is 6.56. The first-order chi connectivity index (χ1) is 11.1. The number of carboxylic acid groups (broad SMARTS) is 1. The van der Waals surface area contributed by atoms with E-state index in [4.69, 9.17) is 0 Å². The zero-order valence-electron chi connectivity index (χ0n) is 12.9. The van der Waals surface area contributed by atoms with Crippen molar-refractivity contribution in [3.63, 3.8) is 0 Å². The number of hydrogen-bond acceptors (Lipinski definition) is 5. The number of anilines is 1. The second-order valence-electron chi connectivity index (χ2n) is 5.61. The van der Waals surface area contributed by atoms with E-state index in [0.29, 0.717) is 19.0 Å². The Kier molecular flexibility index (Phi) is 4.32. The number of aromatic nitrogens is 2. The molecule has 1 aliphatic rings. The largest absolute Gasteiger partial charge is 0.477 e. The molecule has 0 saturated carbocycles. The second-order valence-corrected chi connectivity index (χ2v) is 5.61. The topological polar surface area (TPSA) is 87.5 Å². The van der Waals surface area contributed by atoms with E-state index in [1.54, 1.807) is 12.4 Å². The summed E-state index contributed by atoms with van der Waals surface area (Å²) in [4.78, 5) is 24.1. The highest BCUT2D eigenvalue weighted by molar-refractivity contribution is 6.42. The number of allylic oxidation sites excluding steroid dienone is 1. The summed E-state index contributed by atoms with van der Waals surface area (Å²) in [6.07, 6.45) is 6.17. The molecule has 2 N–H and O–H groups in total. The maximum atomic E-state index is 11.4. The van der Waals surface area contributed by atoms with Crippen LogP contribution in [0.2, 0.25) is 0 Å². The average Bonchev–Trinajstić information content (AvgIpc) is 2.74. The molecule has 0 fully saturated rings. The monoisotopic (exact) mass is 310 g/mol. The standard InChI is InChI=1S/C17H18N4O2/c1-11-4-5-20-16(17(22)23)12(8-11)10-21-13-2-3-14-15(9-13)19-7-6-18-14/h2-3,6-9,11,21H,4-5,10H2,1H3,(H,22,23).